The molecule has 0 spiro atoms. The van der Waals surface area contributed by atoms with Gasteiger partial charge in [0.2, 0.25) is 0 Å². The highest BCUT2D eigenvalue weighted by molar-refractivity contribution is 6.20. The first-order valence-electron chi connectivity index (χ1n) is 8.69. The molecular formula is C17H34ClN. The van der Waals surface area contributed by atoms with Crippen LogP contribution < -0.4 is 0 Å². The van der Waals surface area contributed by atoms with Gasteiger partial charge in [-0.3, -0.25) is 0 Å². The fourth-order valence-corrected chi connectivity index (χ4v) is 3.37. The van der Waals surface area contributed by atoms with Gasteiger partial charge < -0.3 is 4.90 Å². The van der Waals surface area contributed by atoms with Crippen molar-refractivity contribution < 1.29 is 0 Å². The molecule has 1 nitrogen and oxygen atoms in total. The van der Waals surface area contributed by atoms with E-state index in [2.05, 4.69) is 11.8 Å². The Bertz CT molecular complexity index is 196. The van der Waals surface area contributed by atoms with Crippen LogP contribution in [0.2, 0.25) is 0 Å². The van der Waals surface area contributed by atoms with Crippen LogP contribution in [0, 0.1) is 0 Å². The SMILES string of the molecule is CCCCCCCCCCCCN1CCCC(Cl)C1. The van der Waals surface area contributed by atoms with Crippen molar-refractivity contribution in [3.63, 3.8) is 0 Å². The minimum absolute atomic E-state index is 0.414. The van der Waals surface area contributed by atoms with E-state index in [9.17, 15) is 0 Å². The van der Waals surface area contributed by atoms with Gasteiger partial charge in [0.15, 0.2) is 0 Å². The highest BCUT2D eigenvalue weighted by Crippen LogP contribution is 2.16. The van der Waals surface area contributed by atoms with Crippen LogP contribution in [0.25, 0.3) is 0 Å². The number of nitrogens with zero attached hydrogens (tertiary/aromatic N) is 1. The Morgan fingerprint density at radius 1 is 0.895 bits per heavy atom. The molecule has 1 unspecified atom stereocenters. The summed E-state index contributed by atoms with van der Waals surface area (Å²) in [5.41, 5.74) is 0. The lowest BCUT2D eigenvalue weighted by molar-refractivity contribution is 0.227. The maximum atomic E-state index is 6.20. The molecule has 0 radical (unpaired) electrons. The van der Waals surface area contributed by atoms with E-state index in [1.807, 2.05) is 0 Å². The van der Waals surface area contributed by atoms with E-state index in [-0.39, 0.29) is 0 Å². The Kier molecular flexibility index (Phi) is 11.0. The third-order valence-electron chi connectivity index (χ3n) is 4.28. The Morgan fingerprint density at radius 2 is 1.47 bits per heavy atom. The minimum atomic E-state index is 0.414. The molecule has 1 saturated heterocycles. The lowest BCUT2D eigenvalue weighted by Gasteiger charge is -2.29. The van der Waals surface area contributed by atoms with Crippen LogP contribution in [-0.2, 0) is 0 Å². The second-order valence-corrected chi connectivity index (χ2v) is 6.84. The second-order valence-electron chi connectivity index (χ2n) is 6.22. The van der Waals surface area contributed by atoms with E-state index in [0.29, 0.717) is 5.38 Å². The van der Waals surface area contributed by atoms with Crippen molar-refractivity contribution in [2.24, 2.45) is 0 Å². The molecule has 0 bridgehead atoms. The number of hydrogen-bond donors (Lipinski definition) is 0. The van der Waals surface area contributed by atoms with E-state index in [1.165, 1.54) is 90.1 Å². The molecule has 19 heavy (non-hydrogen) atoms. The first kappa shape index (κ1) is 17.3. The lowest BCUT2D eigenvalue weighted by atomic mass is 10.1. The van der Waals surface area contributed by atoms with Gasteiger partial charge in [0.25, 0.3) is 0 Å². The Balaban J connectivity index is 1.78. The maximum Gasteiger partial charge on any atom is 0.0463 e. The van der Waals surface area contributed by atoms with Crippen molar-refractivity contribution in [1.82, 2.24) is 4.90 Å². The van der Waals surface area contributed by atoms with Crippen LogP contribution in [-0.4, -0.2) is 29.9 Å². The van der Waals surface area contributed by atoms with Gasteiger partial charge in [-0.25, -0.2) is 0 Å². The number of hydrogen-bond acceptors (Lipinski definition) is 1. The molecule has 0 N–H and O–H groups in total. The molecule has 0 aromatic carbocycles. The van der Waals surface area contributed by atoms with Crippen molar-refractivity contribution in [3.8, 4) is 0 Å². The summed E-state index contributed by atoms with van der Waals surface area (Å²) in [5.74, 6) is 0. The number of likely N-dealkylation sites (tertiary alicyclic amines) is 1. The Labute approximate surface area is 126 Å². The van der Waals surface area contributed by atoms with Gasteiger partial charge in [-0.15, -0.1) is 11.6 Å². The van der Waals surface area contributed by atoms with Crippen LogP contribution >= 0.6 is 11.6 Å². The molecule has 0 amide bonds. The monoisotopic (exact) mass is 287 g/mol. The van der Waals surface area contributed by atoms with Gasteiger partial charge in [0, 0.05) is 11.9 Å². The summed E-state index contributed by atoms with van der Waals surface area (Å²) in [6.45, 7) is 5.97. The quantitative estimate of drug-likeness (QED) is 0.353. The predicted molar refractivity (Wildman–Crippen MR) is 87.2 cm³/mol. The fourth-order valence-electron chi connectivity index (χ4n) is 3.03. The van der Waals surface area contributed by atoms with Gasteiger partial charge in [-0.2, -0.15) is 0 Å². The lowest BCUT2D eigenvalue weighted by Crippen LogP contribution is -2.36. The number of alkyl halides is 1. The molecule has 0 saturated carbocycles. The largest absolute Gasteiger partial charge is 0.302 e. The first-order chi connectivity index (χ1) is 9.33. The molecule has 1 heterocycles. The number of unbranched alkanes of at least 4 members (excludes halogenated alkanes) is 9. The average molecular weight is 288 g/mol. The summed E-state index contributed by atoms with van der Waals surface area (Å²) in [4.78, 5) is 2.56. The summed E-state index contributed by atoms with van der Waals surface area (Å²) in [7, 11) is 0. The Hall–Kier alpha value is 0.250. The zero-order valence-electron chi connectivity index (χ0n) is 13.0. The van der Waals surface area contributed by atoms with Crippen molar-refractivity contribution in [1.29, 1.82) is 0 Å². The zero-order valence-corrected chi connectivity index (χ0v) is 13.8. The normalized spacial score (nSPS) is 20.8. The number of rotatable bonds is 11. The third-order valence-corrected chi connectivity index (χ3v) is 4.63. The molecule has 1 aliphatic rings. The smallest absolute Gasteiger partial charge is 0.0463 e. The summed E-state index contributed by atoms with van der Waals surface area (Å²) in [5, 5.41) is 0.414. The number of piperidine rings is 1. The van der Waals surface area contributed by atoms with Gasteiger partial charge in [0.05, 0.1) is 0 Å². The number of halogens is 1. The fraction of sp³-hybridized carbons (Fsp3) is 1.00. The van der Waals surface area contributed by atoms with Crippen LogP contribution in [0.4, 0.5) is 0 Å². The van der Waals surface area contributed by atoms with Gasteiger partial charge >= 0.3 is 0 Å². The van der Waals surface area contributed by atoms with Gasteiger partial charge in [-0.1, -0.05) is 64.7 Å². The van der Waals surface area contributed by atoms with Gasteiger partial charge in [0.1, 0.15) is 0 Å². The van der Waals surface area contributed by atoms with Crippen LogP contribution in [0.1, 0.15) is 84.0 Å². The highest BCUT2D eigenvalue weighted by Gasteiger charge is 2.16. The van der Waals surface area contributed by atoms with Crippen LogP contribution in [0.3, 0.4) is 0 Å². The van der Waals surface area contributed by atoms with Crippen molar-refractivity contribution in [2.45, 2.75) is 89.4 Å². The summed E-state index contributed by atoms with van der Waals surface area (Å²) >= 11 is 6.20. The van der Waals surface area contributed by atoms with Gasteiger partial charge in [-0.05, 0) is 32.4 Å². The van der Waals surface area contributed by atoms with Crippen molar-refractivity contribution in [3.05, 3.63) is 0 Å². The summed E-state index contributed by atoms with van der Waals surface area (Å²) in [6.07, 6.45) is 16.8. The standard InChI is InChI=1S/C17H34ClN/c1-2-3-4-5-6-7-8-9-10-11-14-19-15-12-13-17(18)16-19/h17H,2-16H2,1H3. The highest BCUT2D eigenvalue weighted by atomic mass is 35.5. The van der Waals surface area contributed by atoms with Crippen molar-refractivity contribution >= 4 is 11.6 Å². The van der Waals surface area contributed by atoms with E-state index in [1.54, 1.807) is 0 Å². The molecule has 1 aliphatic heterocycles. The maximum absolute atomic E-state index is 6.20. The average Bonchev–Trinajstić information content (AvgIpc) is 2.41. The molecule has 2 heteroatoms. The molecule has 0 aromatic heterocycles. The molecular weight excluding hydrogens is 254 g/mol. The second kappa shape index (κ2) is 12.0. The zero-order chi connectivity index (χ0) is 13.8. The molecule has 1 atom stereocenters. The van der Waals surface area contributed by atoms with E-state index in [4.69, 9.17) is 11.6 Å². The summed E-state index contributed by atoms with van der Waals surface area (Å²) < 4.78 is 0. The minimum Gasteiger partial charge on any atom is -0.302 e. The van der Waals surface area contributed by atoms with E-state index >= 15 is 0 Å². The van der Waals surface area contributed by atoms with Crippen LogP contribution in [0.5, 0.6) is 0 Å². The third kappa shape index (κ3) is 9.73. The topological polar surface area (TPSA) is 3.24 Å². The van der Waals surface area contributed by atoms with Crippen LogP contribution in [0.15, 0.2) is 0 Å². The van der Waals surface area contributed by atoms with Crippen molar-refractivity contribution in [2.75, 3.05) is 19.6 Å². The summed E-state index contributed by atoms with van der Waals surface area (Å²) in [6, 6.07) is 0. The van der Waals surface area contributed by atoms with E-state index in [0.717, 1.165) is 6.54 Å². The first-order valence-corrected chi connectivity index (χ1v) is 9.13. The molecule has 0 aliphatic carbocycles. The predicted octanol–water partition coefficient (Wildman–Crippen LogP) is 5.61. The molecule has 114 valence electrons. The molecule has 1 rings (SSSR count). The van der Waals surface area contributed by atoms with E-state index < -0.39 is 0 Å². The molecule has 1 fully saturated rings. The Morgan fingerprint density at radius 3 is 2.05 bits per heavy atom. The molecule has 0 aromatic rings.